The molecule has 7 heteroatoms. The average molecular weight is 527 g/mol. The van der Waals surface area contributed by atoms with Crippen LogP contribution in [0, 0.1) is 6.92 Å². The third-order valence-corrected chi connectivity index (χ3v) is 6.47. The Morgan fingerprint density at radius 2 is 1.80 bits per heavy atom. The Hall–Kier alpha value is -3.84. The van der Waals surface area contributed by atoms with E-state index < -0.39 is 5.91 Å². The highest BCUT2D eigenvalue weighted by Crippen LogP contribution is 2.39. The van der Waals surface area contributed by atoms with Gasteiger partial charge in [0.25, 0.3) is 5.91 Å². The quantitative estimate of drug-likeness (QED) is 0.236. The molecule has 0 aliphatic carbocycles. The zero-order valence-electron chi connectivity index (χ0n) is 19.4. The molecule has 0 unspecified atom stereocenters. The number of aromatic nitrogens is 2. The lowest BCUT2D eigenvalue weighted by atomic mass is 10.0. The fourth-order valence-electron chi connectivity index (χ4n) is 4.25. The van der Waals surface area contributed by atoms with Crippen LogP contribution in [0.4, 0.5) is 5.69 Å². The topological polar surface area (TPSA) is 79.8 Å². The summed E-state index contributed by atoms with van der Waals surface area (Å²) in [6, 6.07) is 22.9. The zero-order valence-corrected chi connectivity index (χ0v) is 21.0. The molecule has 0 atom stereocenters. The van der Waals surface area contributed by atoms with E-state index >= 15 is 0 Å². The van der Waals surface area contributed by atoms with E-state index in [2.05, 4.69) is 26.2 Å². The molecule has 2 heterocycles. The van der Waals surface area contributed by atoms with Gasteiger partial charge >= 0.3 is 0 Å². The number of fused-ring (bicyclic) bond motifs is 2. The number of carbonyl (C=O) groups excluding carboxylic acids is 1. The molecule has 0 saturated heterocycles. The SMILES string of the molecule is CCCn1c(O)c(N=NC(=O)c2cc(-c3ccc(Br)cc3)nc3ccc(C)cc23)c2ccccc21. The molecular weight excluding hydrogens is 504 g/mol. The highest BCUT2D eigenvalue weighted by atomic mass is 79.9. The number of aryl methyl sites for hydroxylation is 2. The minimum Gasteiger partial charge on any atom is -0.493 e. The number of rotatable bonds is 5. The van der Waals surface area contributed by atoms with Crippen molar-refractivity contribution in [3.8, 4) is 17.1 Å². The Labute approximate surface area is 211 Å². The Balaban J connectivity index is 1.62. The first kappa shape index (κ1) is 22.9. The number of nitrogens with zero attached hydrogens (tertiary/aromatic N) is 4. The Morgan fingerprint density at radius 3 is 2.57 bits per heavy atom. The highest BCUT2D eigenvalue weighted by molar-refractivity contribution is 9.10. The maximum atomic E-state index is 13.4. The lowest BCUT2D eigenvalue weighted by Gasteiger charge is -2.08. The van der Waals surface area contributed by atoms with Gasteiger partial charge in [0.15, 0.2) is 5.69 Å². The van der Waals surface area contributed by atoms with Gasteiger partial charge in [0.05, 0.1) is 22.3 Å². The molecule has 0 saturated carbocycles. The predicted octanol–water partition coefficient (Wildman–Crippen LogP) is 7.97. The van der Waals surface area contributed by atoms with E-state index in [0.717, 1.165) is 32.9 Å². The number of para-hydroxylation sites is 1. The number of aromatic hydroxyl groups is 1. The molecule has 0 aliphatic rings. The van der Waals surface area contributed by atoms with Crippen LogP contribution in [0.3, 0.4) is 0 Å². The number of halogens is 1. The van der Waals surface area contributed by atoms with Crippen molar-refractivity contribution in [3.05, 3.63) is 88.4 Å². The predicted molar refractivity (Wildman–Crippen MR) is 142 cm³/mol. The summed E-state index contributed by atoms with van der Waals surface area (Å²) in [4.78, 5) is 18.1. The second-order valence-corrected chi connectivity index (χ2v) is 9.34. The van der Waals surface area contributed by atoms with Crippen LogP contribution < -0.4 is 0 Å². The molecule has 1 amide bonds. The second-order valence-electron chi connectivity index (χ2n) is 8.43. The van der Waals surface area contributed by atoms with Crippen molar-refractivity contribution in [2.24, 2.45) is 10.2 Å². The Morgan fingerprint density at radius 1 is 1.03 bits per heavy atom. The lowest BCUT2D eigenvalue weighted by molar-refractivity contribution is 0.0996. The number of carbonyl (C=O) groups is 1. The van der Waals surface area contributed by atoms with Gasteiger partial charge in [-0.1, -0.05) is 64.8 Å². The molecule has 35 heavy (non-hydrogen) atoms. The van der Waals surface area contributed by atoms with E-state index in [1.54, 1.807) is 10.6 Å². The van der Waals surface area contributed by atoms with Gasteiger partial charge in [-0.2, -0.15) is 0 Å². The van der Waals surface area contributed by atoms with Gasteiger partial charge in [0.1, 0.15) is 0 Å². The van der Waals surface area contributed by atoms with Gasteiger partial charge in [0.2, 0.25) is 5.88 Å². The van der Waals surface area contributed by atoms with Gasteiger partial charge in [0, 0.05) is 27.4 Å². The van der Waals surface area contributed by atoms with Crippen LogP contribution in [-0.4, -0.2) is 20.6 Å². The van der Waals surface area contributed by atoms with Crippen LogP contribution in [0.1, 0.15) is 29.3 Å². The van der Waals surface area contributed by atoms with Crippen molar-refractivity contribution < 1.29 is 9.90 Å². The molecule has 5 aromatic rings. The third-order valence-electron chi connectivity index (χ3n) is 5.94. The molecule has 6 nitrogen and oxygen atoms in total. The molecule has 2 aromatic heterocycles. The number of hydrogen-bond acceptors (Lipinski definition) is 4. The van der Waals surface area contributed by atoms with E-state index in [9.17, 15) is 9.90 Å². The number of azo groups is 1. The van der Waals surface area contributed by atoms with Gasteiger partial charge in [-0.3, -0.25) is 4.79 Å². The van der Waals surface area contributed by atoms with Crippen molar-refractivity contribution in [2.45, 2.75) is 26.8 Å². The van der Waals surface area contributed by atoms with Crippen molar-refractivity contribution in [2.75, 3.05) is 0 Å². The van der Waals surface area contributed by atoms with E-state index in [0.29, 0.717) is 34.4 Å². The summed E-state index contributed by atoms with van der Waals surface area (Å²) in [7, 11) is 0. The molecule has 0 bridgehead atoms. The van der Waals surface area contributed by atoms with Gasteiger partial charge in [-0.15, -0.1) is 10.2 Å². The van der Waals surface area contributed by atoms with Crippen LogP contribution in [0.25, 0.3) is 33.1 Å². The summed E-state index contributed by atoms with van der Waals surface area (Å²) in [6.45, 7) is 4.65. The first-order valence-electron chi connectivity index (χ1n) is 11.4. The van der Waals surface area contributed by atoms with Crippen LogP contribution in [-0.2, 0) is 6.54 Å². The summed E-state index contributed by atoms with van der Waals surface area (Å²) in [5.74, 6) is -0.483. The maximum Gasteiger partial charge on any atom is 0.296 e. The minimum absolute atomic E-state index is 0.00980. The Kier molecular flexibility index (Phi) is 6.17. The standard InChI is InChI=1S/C28H23BrN4O2/c1-3-14-33-25-7-5-4-6-20(25)26(28(33)35)31-32-27(34)22-16-24(18-9-11-19(29)12-10-18)30-23-13-8-17(2)15-21(22)23/h4-13,15-16,35H,3,14H2,1-2H3. The first-order valence-corrected chi connectivity index (χ1v) is 12.2. The van der Waals surface area contributed by atoms with Crippen molar-refractivity contribution >= 4 is 49.3 Å². The number of amides is 1. The van der Waals surface area contributed by atoms with Gasteiger partial charge in [-0.05, 0) is 49.7 Å². The molecule has 3 aromatic carbocycles. The smallest absolute Gasteiger partial charge is 0.296 e. The largest absolute Gasteiger partial charge is 0.493 e. The summed E-state index contributed by atoms with van der Waals surface area (Å²) in [6.07, 6.45) is 0.850. The van der Waals surface area contributed by atoms with Crippen LogP contribution in [0.15, 0.2) is 87.5 Å². The van der Waals surface area contributed by atoms with E-state index in [-0.39, 0.29) is 5.88 Å². The van der Waals surface area contributed by atoms with Crippen molar-refractivity contribution in [3.63, 3.8) is 0 Å². The fourth-order valence-corrected chi connectivity index (χ4v) is 4.52. The summed E-state index contributed by atoms with van der Waals surface area (Å²) in [5.41, 5.74) is 4.86. The van der Waals surface area contributed by atoms with E-state index in [4.69, 9.17) is 4.98 Å². The molecule has 174 valence electrons. The van der Waals surface area contributed by atoms with Crippen LogP contribution in [0.2, 0.25) is 0 Å². The molecular formula is C28H23BrN4O2. The van der Waals surface area contributed by atoms with Gasteiger partial charge < -0.3 is 9.67 Å². The summed E-state index contributed by atoms with van der Waals surface area (Å²) < 4.78 is 2.76. The monoisotopic (exact) mass is 526 g/mol. The van der Waals surface area contributed by atoms with Crippen LogP contribution >= 0.6 is 15.9 Å². The average Bonchev–Trinajstić information content (AvgIpc) is 3.13. The molecule has 1 N–H and O–H groups in total. The molecule has 0 aliphatic heterocycles. The first-order chi connectivity index (χ1) is 17.0. The van der Waals surface area contributed by atoms with Crippen molar-refractivity contribution in [1.82, 2.24) is 9.55 Å². The lowest BCUT2D eigenvalue weighted by Crippen LogP contribution is -1.99. The molecule has 5 rings (SSSR count). The fraction of sp³-hybridized carbons (Fsp3) is 0.143. The maximum absolute atomic E-state index is 13.4. The van der Waals surface area contributed by atoms with E-state index in [1.165, 1.54) is 0 Å². The van der Waals surface area contributed by atoms with Gasteiger partial charge in [-0.25, -0.2) is 4.98 Å². The third kappa shape index (κ3) is 4.35. The number of benzene rings is 3. The van der Waals surface area contributed by atoms with Crippen LogP contribution in [0.5, 0.6) is 5.88 Å². The number of pyridine rings is 1. The highest BCUT2D eigenvalue weighted by Gasteiger charge is 2.18. The normalized spacial score (nSPS) is 11.6. The van der Waals surface area contributed by atoms with Crippen molar-refractivity contribution in [1.29, 1.82) is 0 Å². The summed E-state index contributed by atoms with van der Waals surface area (Å²) >= 11 is 3.46. The Bertz CT molecular complexity index is 1600. The second kappa shape index (κ2) is 9.43. The van der Waals surface area contributed by atoms with E-state index in [1.807, 2.05) is 80.6 Å². The molecule has 0 radical (unpaired) electrons. The minimum atomic E-state index is -0.493. The molecule has 0 fully saturated rings. The zero-order chi connectivity index (χ0) is 24.5. The number of hydrogen-bond donors (Lipinski definition) is 1. The molecule has 0 spiro atoms. The summed E-state index contributed by atoms with van der Waals surface area (Å²) in [5, 5.41) is 20.6.